The van der Waals surface area contributed by atoms with Crippen LogP contribution in [0.3, 0.4) is 0 Å². The van der Waals surface area contributed by atoms with E-state index in [1.165, 1.54) is 0 Å². The number of benzene rings is 1. The van der Waals surface area contributed by atoms with E-state index in [9.17, 15) is 19.8 Å². The predicted molar refractivity (Wildman–Crippen MR) is 80.6 cm³/mol. The zero-order chi connectivity index (χ0) is 16.2. The van der Waals surface area contributed by atoms with Crippen molar-refractivity contribution >= 4 is 29.1 Å². The van der Waals surface area contributed by atoms with Gasteiger partial charge in [0.2, 0.25) is 11.8 Å². The molecule has 0 aromatic heterocycles. The van der Waals surface area contributed by atoms with Crippen molar-refractivity contribution in [3.05, 3.63) is 39.9 Å². The van der Waals surface area contributed by atoms with Crippen LogP contribution in [-0.4, -0.2) is 33.0 Å². The average Bonchev–Trinajstić information content (AvgIpc) is 2.72. The number of hydrogen-bond donors (Lipinski definition) is 2. The van der Waals surface area contributed by atoms with Crippen molar-refractivity contribution in [1.82, 2.24) is 4.90 Å². The van der Waals surface area contributed by atoms with Gasteiger partial charge in [0.15, 0.2) is 0 Å². The number of aliphatic hydroxyl groups is 2. The van der Waals surface area contributed by atoms with Gasteiger partial charge >= 0.3 is 0 Å². The van der Waals surface area contributed by atoms with Gasteiger partial charge in [0, 0.05) is 22.9 Å². The minimum absolute atomic E-state index is 0.150. The van der Waals surface area contributed by atoms with Gasteiger partial charge in [-0.3, -0.25) is 9.59 Å². The highest BCUT2D eigenvalue weighted by atomic mass is 35.5. The molecule has 6 heteroatoms. The maximum absolute atomic E-state index is 12.3. The standard InChI is InChI=1S/C16H16ClNO4/c1-7-5-12(19)18(16(7)22)13-8(2)14(20)15(21)11-6-9(17)3-4-10(11)13/h3-4,6-7,14-15,20-21H,5H2,1-2H3. The lowest BCUT2D eigenvalue weighted by atomic mass is 9.85. The maximum atomic E-state index is 12.3. The third kappa shape index (κ3) is 2.08. The minimum Gasteiger partial charge on any atom is -0.386 e. The molecule has 22 heavy (non-hydrogen) atoms. The summed E-state index contributed by atoms with van der Waals surface area (Å²) in [6, 6.07) is 4.84. The van der Waals surface area contributed by atoms with Crippen molar-refractivity contribution in [1.29, 1.82) is 0 Å². The van der Waals surface area contributed by atoms with E-state index >= 15 is 0 Å². The number of halogens is 1. The fraction of sp³-hybridized carbons (Fsp3) is 0.375. The lowest BCUT2D eigenvalue weighted by molar-refractivity contribution is -0.135. The van der Waals surface area contributed by atoms with Gasteiger partial charge in [-0.2, -0.15) is 0 Å². The fourth-order valence-electron chi connectivity index (χ4n) is 3.07. The molecular formula is C16H16ClNO4. The summed E-state index contributed by atoms with van der Waals surface area (Å²) in [6.45, 7) is 3.32. The van der Waals surface area contributed by atoms with E-state index in [0.717, 1.165) is 4.90 Å². The number of likely N-dealkylation sites (tertiary alicyclic amines) is 1. The fourth-order valence-corrected chi connectivity index (χ4v) is 3.25. The highest BCUT2D eigenvalue weighted by molar-refractivity contribution is 6.30. The van der Waals surface area contributed by atoms with Gasteiger partial charge in [-0.1, -0.05) is 24.6 Å². The number of hydrogen-bond acceptors (Lipinski definition) is 4. The topological polar surface area (TPSA) is 77.8 Å². The van der Waals surface area contributed by atoms with E-state index in [1.807, 2.05) is 0 Å². The van der Waals surface area contributed by atoms with Crippen LogP contribution >= 0.6 is 11.6 Å². The Morgan fingerprint density at radius 3 is 2.50 bits per heavy atom. The Hall–Kier alpha value is -1.69. The molecule has 0 saturated carbocycles. The summed E-state index contributed by atoms with van der Waals surface area (Å²) >= 11 is 5.96. The van der Waals surface area contributed by atoms with Gasteiger partial charge in [0.1, 0.15) is 12.2 Å². The molecule has 1 aliphatic carbocycles. The van der Waals surface area contributed by atoms with E-state index < -0.39 is 12.2 Å². The molecule has 0 bridgehead atoms. The molecule has 1 aromatic carbocycles. The SMILES string of the molecule is CC1=C(N2C(=O)CC(C)C2=O)c2ccc(Cl)cc2C(O)C1O. The Morgan fingerprint density at radius 1 is 1.23 bits per heavy atom. The van der Waals surface area contributed by atoms with Gasteiger partial charge in [-0.25, -0.2) is 4.90 Å². The van der Waals surface area contributed by atoms with Crippen LogP contribution in [0.2, 0.25) is 5.02 Å². The molecule has 3 rings (SSSR count). The predicted octanol–water partition coefficient (Wildman–Crippen LogP) is 1.87. The van der Waals surface area contributed by atoms with E-state index in [0.29, 0.717) is 27.4 Å². The Morgan fingerprint density at radius 2 is 1.91 bits per heavy atom. The molecule has 1 aliphatic heterocycles. The summed E-state index contributed by atoms with van der Waals surface area (Å²) in [5.41, 5.74) is 1.73. The molecule has 1 saturated heterocycles. The lowest BCUT2D eigenvalue weighted by Gasteiger charge is -2.33. The van der Waals surface area contributed by atoms with Crippen molar-refractivity contribution in [2.45, 2.75) is 32.5 Å². The summed E-state index contributed by atoms with van der Waals surface area (Å²) in [7, 11) is 0. The number of carbonyl (C=O) groups is 2. The van der Waals surface area contributed by atoms with Crippen LogP contribution in [0.4, 0.5) is 0 Å². The van der Waals surface area contributed by atoms with E-state index in [-0.39, 0.29) is 24.2 Å². The van der Waals surface area contributed by atoms with Crippen molar-refractivity contribution in [3.8, 4) is 0 Å². The summed E-state index contributed by atoms with van der Waals surface area (Å²) < 4.78 is 0. The van der Waals surface area contributed by atoms with Gasteiger partial charge in [-0.15, -0.1) is 0 Å². The van der Waals surface area contributed by atoms with Gasteiger partial charge in [0.05, 0.1) is 5.70 Å². The van der Waals surface area contributed by atoms with Crippen molar-refractivity contribution in [2.75, 3.05) is 0 Å². The molecule has 3 unspecified atom stereocenters. The van der Waals surface area contributed by atoms with Gasteiger partial charge in [-0.05, 0) is 30.2 Å². The molecule has 1 heterocycles. The largest absolute Gasteiger partial charge is 0.386 e. The number of nitrogens with zero attached hydrogens (tertiary/aromatic N) is 1. The second kappa shape index (κ2) is 5.19. The van der Waals surface area contributed by atoms with Crippen LogP contribution in [0.15, 0.2) is 23.8 Å². The van der Waals surface area contributed by atoms with Crippen LogP contribution in [0.1, 0.15) is 37.5 Å². The van der Waals surface area contributed by atoms with E-state index in [2.05, 4.69) is 0 Å². The van der Waals surface area contributed by atoms with Crippen molar-refractivity contribution in [3.63, 3.8) is 0 Å². The van der Waals surface area contributed by atoms with Crippen LogP contribution in [0, 0.1) is 5.92 Å². The minimum atomic E-state index is -1.18. The summed E-state index contributed by atoms with van der Waals surface area (Å²) in [4.78, 5) is 25.7. The highest BCUT2D eigenvalue weighted by Crippen LogP contribution is 2.42. The number of rotatable bonds is 1. The van der Waals surface area contributed by atoms with Crippen LogP contribution in [0.25, 0.3) is 5.70 Å². The van der Waals surface area contributed by atoms with Crippen LogP contribution in [0.5, 0.6) is 0 Å². The Kier molecular flexibility index (Phi) is 3.59. The Labute approximate surface area is 132 Å². The number of amides is 2. The van der Waals surface area contributed by atoms with Crippen LogP contribution in [-0.2, 0) is 9.59 Å². The highest BCUT2D eigenvalue weighted by Gasteiger charge is 2.43. The normalized spacial score (nSPS) is 28.4. The lowest BCUT2D eigenvalue weighted by Crippen LogP contribution is -2.35. The van der Waals surface area contributed by atoms with Crippen molar-refractivity contribution < 1.29 is 19.8 Å². The molecular weight excluding hydrogens is 306 g/mol. The smallest absolute Gasteiger partial charge is 0.237 e. The van der Waals surface area contributed by atoms with Crippen molar-refractivity contribution in [2.24, 2.45) is 5.92 Å². The number of carbonyl (C=O) groups excluding carboxylic acids is 2. The molecule has 0 spiro atoms. The Bertz CT molecular complexity index is 712. The second-order valence-electron chi connectivity index (χ2n) is 5.83. The molecule has 1 fully saturated rings. The number of imide groups is 1. The molecule has 3 atom stereocenters. The third-order valence-corrected chi connectivity index (χ3v) is 4.53. The molecule has 0 radical (unpaired) electrons. The van der Waals surface area contributed by atoms with E-state index in [1.54, 1.807) is 32.0 Å². The summed E-state index contributed by atoms with van der Waals surface area (Å²) in [5.74, 6) is -0.965. The molecule has 2 N–H and O–H groups in total. The van der Waals surface area contributed by atoms with E-state index in [4.69, 9.17) is 11.6 Å². The number of fused-ring (bicyclic) bond motifs is 1. The zero-order valence-corrected chi connectivity index (χ0v) is 13.0. The second-order valence-corrected chi connectivity index (χ2v) is 6.26. The first-order chi connectivity index (χ1) is 10.3. The molecule has 2 amide bonds. The van der Waals surface area contributed by atoms with Gasteiger partial charge < -0.3 is 10.2 Å². The number of aliphatic hydroxyl groups excluding tert-OH is 2. The summed E-state index contributed by atoms with van der Waals surface area (Å²) in [6.07, 6.45) is -2.17. The monoisotopic (exact) mass is 321 g/mol. The molecule has 2 aliphatic rings. The maximum Gasteiger partial charge on any atom is 0.237 e. The Balaban J connectivity index is 2.22. The first kappa shape index (κ1) is 15.2. The average molecular weight is 322 g/mol. The van der Waals surface area contributed by atoms with Crippen LogP contribution < -0.4 is 0 Å². The first-order valence-electron chi connectivity index (χ1n) is 7.06. The first-order valence-corrected chi connectivity index (χ1v) is 7.44. The van der Waals surface area contributed by atoms with Gasteiger partial charge in [0.25, 0.3) is 0 Å². The molecule has 116 valence electrons. The third-order valence-electron chi connectivity index (χ3n) is 4.30. The summed E-state index contributed by atoms with van der Waals surface area (Å²) in [5, 5.41) is 20.9. The molecule has 1 aromatic rings. The zero-order valence-electron chi connectivity index (χ0n) is 12.2. The molecule has 5 nitrogen and oxygen atoms in total. The quantitative estimate of drug-likeness (QED) is 0.774.